The Bertz CT molecular complexity index is 442. The van der Waals surface area contributed by atoms with E-state index in [4.69, 9.17) is 0 Å². The second-order valence-corrected chi connectivity index (χ2v) is 3.47. The standard InChI is InChI=1S/C10H8F3NO2/c1-5-9(15)16-8-6(10(11,12)13)3-2-4-7(8)14-5/h2-5,14H,1H3. The van der Waals surface area contributed by atoms with Crippen LogP contribution in [0.5, 0.6) is 5.75 Å². The quantitative estimate of drug-likeness (QED) is 0.550. The Labute approximate surface area is 89.2 Å². The molecule has 3 nitrogen and oxygen atoms in total. The van der Waals surface area contributed by atoms with Crippen molar-refractivity contribution in [3.8, 4) is 5.75 Å². The van der Waals surface area contributed by atoms with Crippen LogP contribution in [0.3, 0.4) is 0 Å². The highest BCUT2D eigenvalue weighted by Gasteiger charge is 2.38. The predicted molar refractivity (Wildman–Crippen MR) is 50.2 cm³/mol. The van der Waals surface area contributed by atoms with E-state index in [-0.39, 0.29) is 5.69 Å². The van der Waals surface area contributed by atoms with E-state index in [1.54, 1.807) is 0 Å². The molecule has 1 aromatic carbocycles. The lowest BCUT2D eigenvalue weighted by molar-refractivity contribution is -0.143. The van der Waals surface area contributed by atoms with Crippen molar-refractivity contribution in [2.24, 2.45) is 0 Å². The smallest absolute Gasteiger partial charge is 0.420 e. The summed E-state index contributed by atoms with van der Waals surface area (Å²) >= 11 is 0. The van der Waals surface area contributed by atoms with Crippen LogP contribution in [0.15, 0.2) is 18.2 Å². The number of rotatable bonds is 0. The number of alkyl halides is 3. The first kappa shape index (κ1) is 10.8. The zero-order valence-corrected chi connectivity index (χ0v) is 8.26. The highest BCUT2D eigenvalue weighted by molar-refractivity contribution is 5.87. The molecule has 86 valence electrons. The van der Waals surface area contributed by atoms with Gasteiger partial charge in [0.2, 0.25) is 0 Å². The third kappa shape index (κ3) is 1.70. The number of hydrogen-bond acceptors (Lipinski definition) is 3. The van der Waals surface area contributed by atoms with Crippen molar-refractivity contribution in [3.05, 3.63) is 23.8 Å². The fourth-order valence-corrected chi connectivity index (χ4v) is 1.47. The largest absolute Gasteiger partial charge is 0.422 e. The zero-order chi connectivity index (χ0) is 11.9. The Balaban J connectivity index is 2.53. The molecule has 0 fully saturated rings. The first-order valence-electron chi connectivity index (χ1n) is 4.58. The van der Waals surface area contributed by atoms with Crippen LogP contribution in [0.25, 0.3) is 0 Å². The van der Waals surface area contributed by atoms with Crippen LogP contribution in [-0.2, 0) is 11.0 Å². The molecule has 0 aliphatic carbocycles. The Morgan fingerprint density at radius 2 is 2.06 bits per heavy atom. The number of para-hydroxylation sites is 1. The molecule has 6 heteroatoms. The molecule has 0 spiro atoms. The lowest BCUT2D eigenvalue weighted by Gasteiger charge is -2.25. The monoisotopic (exact) mass is 231 g/mol. The van der Waals surface area contributed by atoms with E-state index in [2.05, 4.69) is 10.1 Å². The number of carbonyl (C=O) groups excluding carboxylic acids is 1. The molecule has 0 saturated heterocycles. The summed E-state index contributed by atoms with van der Waals surface area (Å²) in [4.78, 5) is 11.2. The van der Waals surface area contributed by atoms with Crippen LogP contribution in [0.1, 0.15) is 12.5 Å². The summed E-state index contributed by atoms with van der Waals surface area (Å²) in [7, 11) is 0. The molecular weight excluding hydrogens is 223 g/mol. The summed E-state index contributed by atoms with van der Waals surface area (Å²) < 4.78 is 42.4. The van der Waals surface area contributed by atoms with Gasteiger partial charge in [-0.2, -0.15) is 13.2 Å². The van der Waals surface area contributed by atoms with Crippen LogP contribution in [0, 0.1) is 0 Å². The number of carbonyl (C=O) groups is 1. The SMILES string of the molecule is CC1Nc2cccc(C(F)(F)F)c2OC1=O. The predicted octanol–water partition coefficient (Wildman–Crippen LogP) is 2.42. The van der Waals surface area contributed by atoms with E-state index in [0.29, 0.717) is 0 Å². The number of esters is 1. The van der Waals surface area contributed by atoms with Gasteiger partial charge in [0.05, 0.1) is 5.69 Å². The number of hydrogen-bond donors (Lipinski definition) is 1. The van der Waals surface area contributed by atoms with Crippen molar-refractivity contribution >= 4 is 11.7 Å². The Kier molecular flexibility index (Phi) is 2.29. The summed E-state index contributed by atoms with van der Waals surface area (Å²) in [6.07, 6.45) is -4.53. The van der Waals surface area contributed by atoms with E-state index in [9.17, 15) is 18.0 Å². The second kappa shape index (κ2) is 3.40. The number of halogens is 3. The van der Waals surface area contributed by atoms with E-state index < -0.39 is 29.5 Å². The molecule has 1 aliphatic heterocycles. The molecular formula is C10H8F3NO2. The lowest BCUT2D eigenvalue weighted by Crippen LogP contribution is -2.35. The number of nitrogens with one attached hydrogen (secondary N) is 1. The molecule has 0 bridgehead atoms. The van der Waals surface area contributed by atoms with Gasteiger partial charge in [-0.15, -0.1) is 0 Å². The molecule has 1 unspecified atom stereocenters. The Hall–Kier alpha value is -1.72. The summed E-state index contributed by atoms with van der Waals surface area (Å²) in [5.41, 5.74) is -0.764. The third-order valence-corrected chi connectivity index (χ3v) is 2.25. The summed E-state index contributed by atoms with van der Waals surface area (Å²) in [6.45, 7) is 1.52. The molecule has 1 aliphatic rings. The van der Waals surface area contributed by atoms with Crippen molar-refractivity contribution in [1.82, 2.24) is 0 Å². The lowest BCUT2D eigenvalue weighted by atomic mass is 10.1. The average molecular weight is 231 g/mol. The van der Waals surface area contributed by atoms with Gasteiger partial charge in [0.25, 0.3) is 0 Å². The Morgan fingerprint density at radius 3 is 2.69 bits per heavy atom. The summed E-state index contributed by atoms with van der Waals surface area (Å²) in [6, 6.07) is 2.94. The first-order valence-corrected chi connectivity index (χ1v) is 4.58. The Morgan fingerprint density at radius 1 is 1.38 bits per heavy atom. The third-order valence-electron chi connectivity index (χ3n) is 2.25. The van der Waals surface area contributed by atoms with Gasteiger partial charge in [0, 0.05) is 0 Å². The highest BCUT2D eigenvalue weighted by atomic mass is 19.4. The van der Waals surface area contributed by atoms with Crippen molar-refractivity contribution in [3.63, 3.8) is 0 Å². The minimum Gasteiger partial charge on any atom is -0.422 e. The number of benzene rings is 1. The van der Waals surface area contributed by atoms with E-state index in [1.807, 2.05) is 0 Å². The molecule has 1 heterocycles. The van der Waals surface area contributed by atoms with Gasteiger partial charge in [-0.05, 0) is 19.1 Å². The van der Waals surface area contributed by atoms with E-state index in [1.165, 1.54) is 19.1 Å². The van der Waals surface area contributed by atoms with Crippen molar-refractivity contribution < 1.29 is 22.7 Å². The van der Waals surface area contributed by atoms with Crippen molar-refractivity contribution in [2.75, 3.05) is 5.32 Å². The first-order chi connectivity index (χ1) is 7.39. The summed E-state index contributed by atoms with van der Waals surface area (Å²) in [5, 5.41) is 2.65. The van der Waals surface area contributed by atoms with Gasteiger partial charge < -0.3 is 10.1 Å². The van der Waals surface area contributed by atoms with Crippen molar-refractivity contribution in [2.45, 2.75) is 19.1 Å². The van der Waals surface area contributed by atoms with Gasteiger partial charge in [0.1, 0.15) is 11.6 Å². The van der Waals surface area contributed by atoms with Gasteiger partial charge in [0.15, 0.2) is 5.75 Å². The van der Waals surface area contributed by atoms with Crippen molar-refractivity contribution in [1.29, 1.82) is 0 Å². The minimum atomic E-state index is -4.53. The zero-order valence-electron chi connectivity index (χ0n) is 8.26. The van der Waals surface area contributed by atoms with E-state index in [0.717, 1.165) is 6.07 Å². The maximum atomic E-state index is 12.6. The second-order valence-electron chi connectivity index (χ2n) is 3.47. The van der Waals surface area contributed by atoms with E-state index >= 15 is 0 Å². The minimum absolute atomic E-state index is 0.182. The molecule has 1 N–H and O–H groups in total. The molecule has 0 amide bonds. The number of ether oxygens (including phenoxy) is 1. The van der Waals surface area contributed by atoms with Gasteiger partial charge in [-0.25, -0.2) is 4.79 Å². The molecule has 2 rings (SSSR count). The van der Waals surface area contributed by atoms with Crippen LogP contribution in [-0.4, -0.2) is 12.0 Å². The van der Waals surface area contributed by atoms with Crippen LogP contribution in [0.2, 0.25) is 0 Å². The topological polar surface area (TPSA) is 38.3 Å². The van der Waals surface area contributed by atoms with Crippen LogP contribution < -0.4 is 10.1 Å². The number of fused-ring (bicyclic) bond motifs is 1. The van der Waals surface area contributed by atoms with Gasteiger partial charge >= 0.3 is 12.1 Å². The average Bonchev–Trinajstić information content (AvgIpc) is 2.17. The maximum Gasteiger partial charge on any atom is 0.420 e. The molecule has 1 aromatic rings. The number of anilines is 1. The maximum absolute atomic E-state index is 12.6. The van der Waals surface area contributed by atoms with Gasteiger partial charge in [-0.3, -0.25) is 0 Å². The van der Waals surface area contributed by atoms with Gasteiger partial charge in [-0.1, -0.05) is 6.07 Å². The normalized spacial score (nSPS) is 19.8. The molecule has 1 atom stereocenters. The molecule has 16 heavy (non-hydrogen) atoms. The molecule has 0 radical (unpaired) electrons. The fourth-order valence-electron chi connectivity index (χ4n) is 1.47. The summed E-state index contributed by atoms with van der Waals surface area (Å²) in [5.74, 6) is -1.16. The molecule has 0 saturated carbocycles. The fraction of sp³-hybridized carbons (Fsp3) is 0.300. The molecule has 0 aromatic heterocycles. The van der Waals surface area contributed by atoms with Crippen LogP contribution >= 0.6 is 0 Å². The van der Waals surface area contributed by atoms with Crippen LogP contribution in [0.4, 0.5) is 18.9 Å². The highest BCUT2D eigenvalue weighted by Crippen LogP contribution is 2.42.